The van der Waals surface area contributed by atoms with E-state index >= 15 is 0 Å². The highest BCUT2D eigenvalue weighted by atomic mass is 32.1. The third-order valence-electron chi connectivity index (χ3n) is 5.91. The molecule has 32 heavy (non-hydrogen) atoms. The molecule has 0 radical (unpaired) electrons. The molecule has 0 bridgehead atoms. The van der Waals surface area contributed by atoms with Crippen LogP contribution < -0.4 is 5.32 Å². The maximum atomic E-state index is 12.2. The molecule has 174 valence electrons. The monoisotopic (exact) mass is 471 g/mol. The third kappa shape index (κ3) is 6.22. The first kappa shape index (κ1) is 24.1. The van der Waals surface area contributed by atoms with E-state index < -0.39 is 12.1 Å². The van der Waals surface area contributed by atoms with Gasteiger partial charge in [-0.05, 0) is 57.2 Å². The molecule has 0 unspecified atom stereocenters. The Balaban J connectivity index is 0.000000360. The van der Waals surface area contributed by atoms with Gasteiger partial charge in [-0.2, -0.15) is 23.4 Å². The van der Waals surface area contributed by atoms with Gasteiger partial charge in [-0.1, -0.05) is 0 Å². The summed E-state index contributed by atoms with van der Waals surface area (Å²) in [6.45, 7) is 5.41. The van der Waals surface area contributed by atoms with Crippen LogP contribution in [-0.4, -0.2) is 62.4 Å². The molecule has 1 saturated carbocycles. The van der Waals surface area contributed by atoms with Crippen molar-refractivity contribution < 1.29 is 27.9 Å². The van der Waals surface area contributed by atoms with Crippen molar-refractivity contribution >= 4 is 23.2 Å². The molecule has 1 saturated heterocycles. The van der Waals surface area contributed by atoms with Gasteiger partial charge in [-0.3, -0.25) is 9.69 Å². The molecule has 1 aliphatic heterocycles. The highest BCUT2D eigenvalue weighted by Gasteiger charge is 2.46. The first-order chi connectivity index (χ1) is 15.1. The van der Waals surface area contributed by atoms with Crippen molar-refractivity contribution in [2.24, 2.45) is 5.41 Å². The number of aliphatic carboxylic acids is 1. The van der Waals surface area contributed by atoms with E-state index in [1.165, 1.54) is 29.6 Å². The van der Waals surface area contributed by atoms with Gasteiger partial charge in [0.05, 0.1) is 29.2 Å². The second-order valence-corrected chi connectivity index (χ2v) is 9.09. The normalized spacial score (nSPS) is 18.4. The minimum atomic E-state index is -5.08. The fraction of sp³-hybridized carbons (Fsp3) is 0.550. The highest BCUT2D eigenvalue weighted by Crippen LogP contribution is 2.49. The lowest BCUT2D eigenvalue weighted by molar-refractivity contribution is -0.192. The second kappa shape index (κ2) is 9.90. The fourth-order valence-electron chi connectivity index (χ4n) is 4.06. The molecule has 2 N–H and O–H groups in total. The molecule has 2 aromatic rings. The Labute approximate surface area is 186 Å². The summed E-state index contributed by atoms with van der Waals surface area (Å²) in [6.07, 6.45) is 2.65. The number of aromatic nitrogens is 3. The van der Waals surface area contributed by atoms with Crippen LogP contribution in [0.5, 0.6) is 0 Å². The van der Waals surface area contributed by atoms with Crippen LogP contribution in [0.2, 0.25) is 0 Å². The van der Waals surface area contributed by atoms with Crippen LogP contribution in [0.25, 0.3) is 0 Å². The lowest BCUT2D eigenvalue weighted by Gasteiger charge is -2.52. The predicted molar refractivity (Wildman–Crippen MR) is 110 cm³/mol. The molecule has 1 spiro atoms. The molecular weight excluding hydrogens is 447 g/mol. The van der Waals surface area contributed by atoms with Crippen LogP contribution in [0, 0.1) is 12.3 Å². The maximum absolute atomic E-state index is 12.2. The number of halogens is 3. The smallest absolute Gasteiger partial charge is 0.475 e. The first-order valence-corrected chi connectivity index (χ1v) is 10.9. The lowest BCUT2D eigenvalue weighted by atomic mass is 9.60. The Morgan fingerprint density at radius 2 is 1.94 bits per heavy atom. The summed E-state index contributed by atoms with van der Waals surface area (Å²) in [5, 5.41) is 17.7. The predicted octanol–water partition coefficient (Wildman–Crippen LogP) is 3.05. The molecule has 1 amide bonds. The number of carbonyl (C=O) groups excluding carboxylic acids is 1. The number of hydrogen-bond acceptors (Lipinski definition) is 7. The van der Waals surface area contributed by atoms with E-state index in [0.717, 1.165) is 32.5 Å². The first-order valence-electron chi connectivity index (χ1n) is 10.1. The Morgan fingerprint density at radius 3 is 2.44 bits per heavy atom. The number of likely N-dealkylation sites (tertiary alicyclic amines) is 1. The van der Waals surface area contributed by atoms with Crippen LogP contribution in [-0.2, 0) is 11.3 Å². The molecule has 2 aromatic heterocycles. The number of hydrogen-bond donors (Lipinski definition) is 2. The number of aryl methyl sites for hydroxylation is 1. The number of thiazole rings is 1. The number of nitrogens with one attached hydrogen (secondary N) is 1. The molecule has 12 heteroatoms. The zero-order chi connectivity index (χ0) is 23.4. The quantitative estimate of drug-likeness (QED) is 0.706. The van der Waals surface area contributed by atoms with Gasteiger partial charge in [0.15, 0.2) is 0 Å². The van der Waals surface area contributed by atoms with Gasteiger partial charge < -0.3 is 10.4 Å². The zero-order valence-corrected chi connectivity index (χ0v) is 18.2. The second-order valence-electron chi connectivity index (χ2n) is 8.15. The number of carboxylic acids is 1. The zero-order valence-electron chi connectivity index (χ0n) is 17.4. The Bertz CT molecular complexity index is 922. The molecular formula is C20H24F3N5O3S. The van der Waals surface area contributed by atoms with Gasteiger partial charge in [0, 0.05) is 17.5 Å². The summed E-state index contributed by atoms with van der Waals surface area (Å²) >= 11 is 1.76. The summed E-state index contributed by atoms with van der Waals surface area (Å²) < 4.78 is 31.7. The number of amides is 1. The van der Waals surface area contributed by atoms with Crippen LogP contribution in [0.4, 0.5) is 13.2 Å². The number of nitrogens with zero attached hydrogens (tertiary/aromatic N) is 4. The number of piperidine rings is 1. The van der Waals surface area contributed by atoms with Crippen molar-refractivity contribution in [2.45, 2.75) is 51.4 Å². The minimum absolute atomic E-state index is 0.0344. The summed E-state index contributed by atoms with van der Waals surface area (Å²) in [6, 6.07) is 2.01. The van der Waals surface area contributed by atoms with Crippen LogP contribution in [0.3, 0.4) is 0 Å². The Hall–Kier alpha value is -2.60. The third-order valence-corrected chi connectivity index (χ3v) is 6.83. The van der Waals surface area contributed by atoms with Gasteiger partial charge in [0.25, 0.3) is 5.91 Å². The molecule has 3 heterocycles. The molecule has 1 aliphatic carbocycles. The summed E-state index contributed by atoms with van der Waals surface area (Å²) in [4.78, 5) is 29.4. The molecule has 0 aromatic carbocycles. The van der Waals surface area contributed by atoms with Crippen molar-refractivity contribution in [3.05, 3.63) is 40.1 Å². The Morgan fingerprint density at radius 1 is 1.28 bits per heavy atom. The highest BCUT2D eigenvalue weighted by molar-refractivity contribution is 7.09. The standard InChI is InChI=1S/C18H23N5OS.C2HF3O2/c1-13-16(25-12-19-13)11-23-6-3-18(4-7-23)8-15(9-18)22-17(24)14-2-5-20-21-10-14;3-2(4,5)1(6)7/h2,5,10,12,15H,3-4,6-9,11H2,1H3,(H,22,24);(H,6,7). The lowest BCUT2D eigenvalue weighted by Crippen LogP contribution is -2.54. The number of rotatable bonds is 4. The number of alkyl halides is 3. The van der Waals surface area contributed by atoms with E-state index in [9.17, 15) is 18.0 Å². The van der Waals surface area contributed by atoms with Gasteiger partial charge >= 0.3 is 12.1 Å². The van der Waals surface area contributed by atoms with Crippen molar-refractivity contribution in [2.75, 3.05) is 13.1 Å². The molecule has 2 fully saturated rings. The molecule has 2 aliphatic rings. The van der Waals surface area contributed by atoms with Crippen LogP contribution in [0.1, 0.15) is 46.6 Å². The fourth-order valence-corrected chi connectivity index (χ4v) is 4.87. The molecule has 8 nitrogen and oxygen atoms in total. The molecule has 4 rings (SSSR count). The average Bonchev–Trinajstić information content (AvgIpc) is 3.13. The van der Waals surface area contributed by atoms with E-state index in [0.29, 0.717) is 17.0 Å². The largest absolute Gasteiger partial charge is 0.490 e. The summed E-state index contributed by atoms with van der Waals surface area (Å²) in [5.74, 6) is -2.79. The van der Waals surface area contributed by atoms with E-state index in [-0.39, 0.29) is 5.91 Å². The van der Waals surface area contributed by atoms with Gasteiger partial charge in [-0.25, -0.2) is 9.78 Å². The minimum Gasteiger partial charge on any atom is -0.475 e. The van der Waals surface area contributed by atoms with Gasteiger partial charge in [0.2, 0.25) is 0 Å². The van der Waals surface area contributed by atoms with Crippen LogP contribution >= 0.6 is 11.3 Å². The van der Waals surface area contributed by atoms with Crippen molar-refractivity contribution in [3.8, 4) is 0 Å². The van der Waals surface area contributed by atoms with Crippen LogP contribution in [0.15, 0.2) is 24.0 Å². The van der Waals surface area contributed by atoms with E-state index in [1.54, 1.807) is 23.6 Å². The van der Waals surface area contributed by atoms with E-state index in [4.69, 9.17) is 9.90 Å². The number of carboxylic acid groups (broad SMARTS) is 1. The van der Waals surface area contributed by atoms with Gasteiger partial charge in [-0.15, -0.1) is 11.3 Å². The van der Waals surface area contributed by atoms with Crippen molar-refractivity contribution in [1.82, 2.24) is 25.4 Å². The Kier molecular flexibility index (Phi) is 7.44. The average molecular weight is 472 g/mol. The SMILES string of the molecule is Cc1ncsc1CN1CCC2(CC1)CC(NC(=O)c1ccnnc1)C2.O=C(O)C(F)(F)F. The van der Waals surface area contributed by atoms with Crippen molar-refractivity contribution in [1.29, 1.82) is 0 Å². The number of carbonyl (C=O) groups is 2. The summed E-state index contributed by atoms with van der Waals surface area (Å²) in [7, 11) is 0. The summed E-state index contributed by atoms with van der Waals surface area (Å²) in [5.41, 5.74) is 4.13. The molecule has 0 atom stereocenters. The van der Waals surface area contributed by atoms with E-state index in [2.05, 4.69) is 32.3 Å². The van der Waals surface area contributed by atoms with Crippen molar-refractivity contribution in [3.63, 3.8) is 0 Å². The maximum Gasteiger partial charge on any atom is 0.490 e. The van der Waals surface area contributed by atoms with E-state index in [1.807, 2.05) is 5.51 Å². The van der Waals surface area contributed by atoms with Gasteiger partial charge in [0.1, 0.15) is 0 Å². The topological polar surface area (TPSA) is 108 Å².